The Labute approximate surface area is 138 Å². The zero-order valence-electron chi connectivity index (χ0n) is 14.0. The van der Waals surface area contributed by atoms with E-state index in [1.165, 1.54) is 0 Å². The molecule has 1 rings (SSSR count). The zero-order chi connectivity index (χ0) is 17.1. The first-order valence-electron chi connectivity index (χ1n) is 8.25. The highest BCUT2D eigenvalue weighted by molar-refractivity contribution is 5.69. The predicted molar refractivity (Wildman–Crippen MR) is 87.8 cm³/mol. The molecule has 0 aromatic rings. The fraction of sp³-hybridized carbons (Fsp3) is 0.867. The Morgan fingerprint density at radius 3 is 2.09 bits per heavy atom. The lowest BCUT2D eigenvalue weighted by molar-refractivity contribution is -0.139. The lowest BCUT2D eigenvalue weighted by atomic mass is 10.3. The van der Waals surface area contributed by atoms with Crippen molar-refractivity contribution in [1.82, 2.24) is 20.0 Å². The summed E-state index contributed by atoms with van der Waals surface area (Å²) >= 11 is 0. The van der Waals surface area contributed by atoms with Crippen LogP contribution in [0.2, 0.25) is 0 Å². The Bertz CT molecular complexity index is 367. The zero-order valence-corrected chi connectivity index (χ0v) is 14.0. The molecule has 1 aliphatic heterocycles. The fourth-order valence-electron chi connectivity index (χ4n) is 2.70. The Morgan fingerprint density at radius 2 is 1.43 bits per heavy atom. The summed E-state index contributed by atoms with van der Waals surface area (Å²) in [5, 5.41) is 21.2. The summed E-state index contributed by atoms with van der Waals surface area (Å²) in [5.74, 6) is -1.57. The number of aliphatic carboxylic acids is 2. The molecule has 8 heteroatoms. The fourth-order valence-corrected chi connectivity index (χ4v) is 2.70. The van der Waals surface area contributed by atoms with Gasteiger partial charge in [0.15, 0.2) is 0 Å². The van der Waals surface area contributed by atoms with Crippen molar-refractivity contribution in [3.63, 3.8) is 0 Å². The van der Waals surface area contributed by atoms with Crippen molar-refractivity contribution in [3.05, 3.63) is 0 Å². The quantitative estimate of drug-likeness (QED) is 0.609. The Morgan fingerprint density at radius 1 is 0.826 bits per heavy atom. The molecule has 0 bridgehead atoms. The number of hydrogen-bond acceptors (Lipinski definition) is 6. The van der Waals surface area contributed by atoms with E-state index in [-0.39, 0.29) is 13.1 Å². The largest absolute Gasteiger partial charge is 0.480 e. The molecule has 8 nitrogen and oxygen atoms in total. The maximum absolute atomic E-state index is 10.9. The topological polar surface area (TPSA) is 96.4 Å². The van der Waals surface area contributed by atoms with Crippen LogP contribution in [0, 0.1) is 0 Å². The molecule has 0 radical (unpaired) electrons. The minimum atomic E-state index is -0.788. The van der Waals surface area contributed by atoms with Crippen molar-refractivity contribution < 1.29 is 19.8 Å². The highest BCUT2D eigenvalue weighted by Gasteiger charge is 2.13. The summed E-state index contributed by atoms with van der Waals surface area (Å²) in [4.78, 5) is 27.9. The SMILES string of the molecule is CN1CCCN(CC(=O)O)CCNCCCN(CC(=O)O)CC1. The van der Waals surface area contributed by atoms with Gasteiger partial charge < -0.3 is 20.4 Å². The number of likely N-dealkylation sites (N-methyl/N-ethyl adjacent to an activating group) is 1. The van der Waals surface area contributed by atoms with Crippen molar-refractivity contribution in [2.24, 2.45) is 0 Å². The molecule has 0 saturated carbocycles. The lowest BCUT2D eigenvalue weighted by Gasteiger charge is -2.26. The van der Waals surface area contributed by atoms with Gasteiger partial charge in [-0.1, -0.05) is 0 Å². The van der Waals surface area contributed by atoms with Gasteiger partial charge in [0.05, 0.1) is 13.1 Å². The number of carboxylic acids is 2. The third-order valence-electron chi connectivity index (χ3n) is 3.96. The Kier molecular flexibility index (Phi) is 9.77. The van der Waals surface area contributed by atoms with Gasteiger partial charge in [-0.3, -0.25) is 19.4 Å². The van der Waals surface area contributed by atoms with Crippen LogP contribution in [0.1, 0.15) is 12.8 Å². The van der Waals surface area contributed by atoms with Crippen LogP contribution >= 0.6 is 0 Å². The molecule has 0 amide bonds. The van der Waals surface area contributed by atoms with Crippen molar-refractivity contribution in [1.29, 1.82) is 0 Å². The van der Waals surface area contributed by atoms with E-state index >= 15 is 0 Å². The summed E-state index contributed by atoms with van der Waals surface area (Å²) in [7, 11) is 2.02. The van der Waals surface area contributed by atoms with Crippen molar-refractivity contribution in [2.75, 3.05) is 72.5 Å². The average molecular weight is 330 g/mol. The number of nitrogens with one attached hydrogen (secondary N) is 1. The molecule has 0 aromatic heterocycles. The predicted octanol–water partition coefficient (Wildman–Crippen LogP) is -0.925. The molecular weight excluding hydrogens is 300 g/mol. The standard InChI is InChI=1S/C15H30N4O4/c1-17-6-3-8-18(12-14(20)21)9-5-16-4-2-7-19(11-10-17)13-15(22)23/h16H,2-13H2,1H3,(H,20,21)(H,22,23). The van der Waals surface area contributed by atoms with E-state index in [2.05, 4.69) is 10.2 Å². The van der Waals surface area contributed by atoms with Gasteiger partial charge in [-0.2, -0.15) is 0 Å². The number of hydrogen-bond donors (Lipinski definition) is 3. The highest BCUT2D eigenvalue weighted by Crippen LogP contribution is 1.98. The Balaban J connectivity index is 2.48. The lowest BCUT2D eigenvalue weighted by Crippen LogP contribution is -2.41. The van der Waals surface area contributed by atoms with Crippen LogP contribution in [-0.2, 0) is 9.59 Å². The van der Waals surface area contributed by atoms with E-state index in [4.69, 9.17) is 10.2 Å². The minimum Gasteiger partial charge on any atom is -0.480 e. The maximum atomic E-state index is 10.9. The monoisotopic (exact) mass is 330 g/mol. The number of nitrogens with zero attached hydrogens (tertiary/aromatic N) is 3. The van der Waals surface area contributed by atoms with E-state index in [0.29, 0.717) is 0 Å². The second-order valence-electron chi connectivity index (χ2n) is 6.10. The van der Waals surface area contributed by atoms with E-state index in [1.54, 1.807) is 0 Å². The van der Waals surface area contributed by atoms with Gasteiger partial charge in [0.2, 0.25) is 0 Å². The minimum absolute atomic E-state index is 0.0811. The summed E-state index contributed by atoms with van der Waals surface area (Å²) in [6.45, 7) is 6.40. The van der Waals surface area contributed by atoms with Crippen molar-refractivity contribution >= 4 is 11.9 Å². The van der Waals surface area contributed by atoms with E-state index in [0.717, 1.165) is 65.2 Å². The molecule has 0 spiro atoms. The molecule has 3 N–H and O–H groups in total. The molecular formula is C15H30N4O4. The molecule has 1 heterocycles. The van der Waals surface area contributed by atoms with E-state index < -0.39 is 11.9 Å². The number of carboxylic acid groups (broad SMARTS) is 2. The summed E-state index contributed by atoms with van der Waals surface area (Å²) in [6.07, 6.45) is 1.79. The van der Waals surface area contributed by atoms with Crippen LogP contribution in [0.4, 0.5) is 0 Å². The first kappa shape index (κ1) is 19.8. The Hall–Kier alpha value is -1.22. The molecule has 1 saturated heterocycles. The number of carbonyl (C=O) groups is 2. The second kappa shape index (κ2) is 11.3. The maximum Gasteiger partial charge on any atom is 0.317 e. The molecule has 0 aromatic carbocycles. The molecule has 0 aliphatic carbocycles. The van der Waals surface area contributed by atoms with Crippen LogP contribution in [-0.4, -0.2) is 109 Å². The van der Waals surface area contributed by atoms with Crippen LogP contribution in [0.25, 0.3) is 0 Å². The molecule has 23 heavy (non-hydrogen) atoms. The smallest absolute Gasteiger partial charge is 0.317 e. The van der Waals surface area contributed by atoms with Crippen LogP contribution < -0.4 is 5.32 Å². The van der Waals surface area contributed by atoms with Gasteiger partial charge in [-0.05, 0) is 39.5 Å². The third-order valence-corrected chi connectivity index (χ3v) is 3.96. The molecule has 134 valence electrons. The van der Waals surface area contributed by atoms with E-state index in [9.17, 15) is 9.59 Å². The van der Waals surface area contributed by atoms with Crippen molar-refractivity contribution in [2.45, 2.75) is 12.8 Å². The van der Waals surface area contributed by atoms with Crippen LogP contribution in [0.15, 0.2) is 0 Å². The second-order valence-corrected chi connectivity index (χ2v) is 6.10. The summed E-state index contributed by atoms with van der Waals surface area (Å²) in [5.41, 5.74) is 0. The average Bonchev–Trinajstić information content (AvgIpc) is 2.46. The van der Waals surface area contributed by atoms with Gasteiger partial charge in [0, 0.05) is 32.7 Å². The summed E-state index contributed by atoms with van der Waals surface area (Å²) in [6, 6.07) is 0. The molecule has 1 fully saturated rings. The third kappa shape index (κ3) is 10.2. The molecule has 1 aliphatic rings. The van der Waals surface area contributed by atoms with E-state index in [1.807, 2.05) is 16.8 Å². The highest BCUT2D eigenvalue weighted by atomic mass is 16.4. The van der Waals surface area contributed by atoms with Crippen molar-refractivity contribution in [3.8, 4) is 0 Å². The number of rotatable bonds is 4. The van der Waals surface area contributed by atoms with Gasteiger partial charge in [-0.25, -0.2) is 0 Å². The van der Waals surface area contributed by atoms with Crippen LogP contribution in [0.3, 0.4) is 0 Å². The first-order chi connectivity index (χ1) is 11.0. The van der Waals surface area contributed by atoms with Crippen LogP contribution in [0.5, 0.6) is 0 Å². The van der Waals surface area contributed by atoms with Gasteiger partial charge in [0.1, 0.15) is 0 Å². The van der Waals surface area contributed by atoms with Gasteiger partial charge in [0.25, 0.3) is 0 Å². The van der Waals surface area contributed by atoms with Gasteiger partial charge in [-0.15, -0.1) is 0 Å². The first-order valence-corrected chi connectivity index (χ1v) is 8.25. The van der Waals surface area contributed by atoms with Gasteiger partial charge >= 0.3 is 11.9 Å². The molecule has 0 unspecified atom stereocenters. The summed E-state index contributed by atoms with van der Waals surface area (Å²) < 4.78 is 0. The molecule has 0 atom stereocenters. The normalized spacial score (nSPS) is 21.6.